The smallest absolute Gasteiger partial charge is 0.265 e. The Hall–Kier alpha value is -1.22. The van der Waals surface area contributed by atoms with Gasteiger partial charge in [-0.25, -0.2) is 0 Å². The molecule has 0 saturated carbocycles. The molecule has 1 heterocycles. The van der Waals surface area contributed by atoms with Crippen molar-refractivity contribution < 1.29 is 9.53 Å². The molecule has 0 N–H and O–H groups in total. The molecular weight excluding hydrogens is 226 g/mol. The summed E-state index contributed by atoms with van der Waals surface area (Å²) in [6, 6.07) is 5.32. The zero-order valence-electron chi connectivity index (χ0n) is 9.58. The Kier molecular flexibility index (Phi) is 2.58. The van der Waals surface area contributed by atoms with Gasteiger partial charge in [0.15, 0.2) is 6.61 Å². The first-order chi connectivity index (χ1) is 7.39. The van der Waals surface area contributed by atoms with E-state index in [1.807, 2.05) is 26.8 Å². The number of anilines is 1. The zero-order chi connectivity index (χ0) is 11.9. The van der Waals surface area contributed by atoms with Crippen molar-refractivity contribution in [2.75, 3.05) is 11.5 Å². The van der Waals surface area contributed by atoms with Crippen LogP contribution in [0.1, 0.15) is 20.8 Å². The Morgan fingerprint density at radius 2 is 2.06 bits per heavy atom. The average Bonchev–Trinajstić information content (AvgIpc) is 2.16. The second kappa shape index (κ2) is 3.67. The molecule has 0 radical (unpaired) electrons. The maximum Gasteiger partial charge on any atom is 0.265 e. The highest BCUT2D eigenvalue weighted by Crippen LogP contribution is 2.37. The van der Waals surface area contributed by atoms with Crippen LogP contribution in [-0.2, 0) is 4.79 Å². The fraction of sp³-hybridized carbons (Fsp3) is 0.417. The van der Waals surface area contributed by atoms with E-state index in [-0.39, 0.29) is 18.1 Å². The summed E-state index contributed by atoms with van der Waals surface area (Å²) in [5, 5.41) is 0.613. The van der Waals surface area contributed by atoms with E-state index in [9.17, 15) is 4.79 Å². The molecule has 0 aliphatic carbocycles. The minimum absolute atomic E-state index is 0.0256. The lowest BCUT2D eigenvalue weighted by Gasteiger charge is -2.39. The summed E-state index contributed by atoms with van der Waals surface area (Å²) in [6.45, 7) is 6.06. The van der Waals surface area contributed by atoms with Gasteiger partial charge in [0.1, 0.15) is 5.75 Å². The summed E-state index contributed by atoms with van der Waals surface area (Å²) in [5.74, 6) is 0.643. The Labute approximate surface area is 100.0 Å². The summed E-state index contributed by atoms with van der Waals surface area (Å²) in [4.78, 5) is 13.6. The van der Waals surface area contributed by atoms with E-state index >= 15 is 0 Å². The summed E-state index contributed by atoms with van der Waals surface area (Å²) >= 11 is 5.89. The van der Waals surface area contributed by atoms with Gasteiger partial charge in [-0.2, -0.15) is 0 Å². The predicted octanol–water partition coefficient (Wildman–Crippen LogP) is 2.86. The van der Waals surface area contributed by atoms with Crippen LogP contribution in [-0.4, -0.2) is 18.1 Å². The maximum absolute atomic E-state index is 11.9. The summed E-state index contributed by atoms with van der Waals surface area (Å²) in [7, 11) is 0. The Morgan fingerprint density at radius 1 is 1.38 bits per heavy atom. The zero-order valence-corrected chi connectivity index (χ0v) is 10.3. The Bertz CT molecular complexity index is 437. The van der Waals surface area contributed by atoms with Gasteiger partial charge in [-0.3, -0.25) is 4.79 Å². The van der Waals surface area contributed by atoms with Crippen LogP contribution in [0, 0.1) is 0 Å². The van der Waals surface area contributed by atoms with E-state index < -0.39 is 0 Å². The van der Waals surface area contributed by atoms with E-state index in [1.54, 1.807) is 17.0 Å². The molecule has 1 aromatic carbocycles. The number of halogens is 1. The molecule has 4 heteroatoms. The second-order valence-electron chi connectivity index (χ2n) is 4.80. The quantitative estimate of drug-likeness (QED) is 0.697. The number of carbonyl (C=O) groups excluding carboxylic acids is 1. The fourth-order valence-electron chi connectivity index (χ4n) is 1.86. The topological polar surface area (TPSA) is 29.5 Å². The van der Waals surface area contributed by atoms with Gasteiger partial charge in [0, 0.05) is 16.6 Å². The number of nitrogens with zero attached hydrogens (tertiary/aromatic N) is 1. The van der Waals surface area contributed by atoms with E-state index in [4.69, 9.17) is 16.3 Å². The molecule has 0 spiro atoms. The van der Waals surface area contributed by atoms with Gasteiger partial charge in [-0.1, -0.05) is 11.6 Å². The maximum atomic E-state index is 11.9. The molecule has 16 heavy (non-hydrogen) atoms. The standard InChI is InChI=1S/C12H14ClNO2/c1-12(2,3)14-9-5-4-8(13)6-10(9)16-7-11(14)15/h4-6H,7H2,1-3H3. The van der Waals surface area contributed by atoms with Crippen LogP contribution in [0.3, 0.4) is 0 Å². The highest BCUT2D eigenvalue weighted by Gasteiger charge is 2.33. The highest BCUT2D eigenvalue weighted by atomic mass is 35.5. The molecule has 0 unspecified atom stereocenters. The molecule has 0 fully saturated rings. The average molecular weight is 240 g/mol. The van der Waals surface area contributed by atoms with Gasteiger partial charge in [0.05, 0.1) is 5.69 Å². The van der Waals surface area contributed by atoms with Crippen LogP contribution in [0.25, 0.3) is 0 Å². The van der Waals surface area contributed by atoms with Crippen LogP contribution >= 0.6 is 11.6 Å². The molecule has 0 saturated heterocycles. The van der Waals surface area contributed by atoms with Crippen LogP contribution in [0.4, 0.5) is 5.69 Å². The summed E-state index contributed by atoms with van der Waals surface area (Å²) in [5.41, 5.74) is 0.525. The van der Waals surface area contributed by atoms with E-state index in [0.717, 1.165) is 5.69 Å². The molecule has 1 aliphatic rings. The number of rotatable bonds is 0. The van der Waals surface area contributed by atoms with Crippen molar-refractivity contribution in [2.24, 2.45) is 0 Å². The van der Waals surface area contributed by atoms with Gasteiger partial charge in [0.25, 0.3) is 5.91 Å². The third-order valence-electron chi connectivity index (χ3n) is 2.43. The van der Waals surface area contributed by atoms with E-state index in [2.05, 4.69) is 0 Å². The molecule has 1 aliphatic heterocycles. The lowest BCUT2D eigenvalue weighted by atomic mass is 10.0. The number of hydrogen-bond donors (Lipinski definition) is 0. The molecule has 0 aromatic heterocycles. The van der Waals surface area contributed by atoms with Crippen molar-refractivity contribution in [1.29, 1.82) is 0 Å². The van der Waals surface area contributed by atoms with Crippen LogP contribution in [0.5, 0.6) is 5.75 Å². The van der Waals surface area contributed by atoms with E-state index in [0.29, 0.717) is 10.8 Å². The molecular formula is C12H14ClNO2. The number of benzene rings is 1. The predicted molar refractivity (Wildman–Crippen MR) is 64.2 cm³/mol. The first kappa shape index (κ1) is 11.3. The van der Waals surface area contributed by atoms with Gasteiger partial charge in [0.2, 0.25) is 0 Å². The first-order valence-corrected chi connectivity index (χ1v) is 5.53. The van der Waals surface area contributed by atoms with Gasteiger partial charge < -0.3 is 9.64 Å². The monoisotopic (exact) mass is 239 g/mol. The molecule has 1 aromatic rings. The van der Waals surface area contributed by atoms with Gasteiger partial charge in [-0.05, 0) is 32.9 Å². The van der Waals surface area contributed by atoms with Crippen LogP contribution in [0.2, 0.25) is 5.02 Å². The van der Waals surface area contributed by atoms with Crippen molar-refractivity contribution in [2.45, 2.75) is 26.3 Å². The molecule has 3 nitrogen and oxygen atoms in total. The molecule has 0 atom stereocenters. The lowest BCUT2D eigenvalue weighted by Crippen LogP contribution is -2.50. The fourth-order valence-corrected chi connectivity index (χ4v) is 2.02. The number of carbonyl (C=O) groups is 1. The molecule has 86 valence electrons. The Morgan fingerprint density at radius 3 is 2.69 bits per heavy atom. The Balaban J connectivity index is 2.53. The molecule has 2 rings (SSSR count). The van der Waals surface area contributed by atoms with Crippen LogP contribution < -0.4 is 9.64 Å². The number of amides is 1. The van der Waals surface area contributed by atoms with Gasteiger partial charge in [-0.15, -0.1) is 0 Å². The first-order valence-electron chi connectivity index (χ1n) is 5.15. The van der Waals surface area contributed by atoms with Crippen molar-refractivity contribution >= 4 is 23.2 Å². The third-order valence-corrected chi connectivity index (χ3v) is 2.67. The number of fused-ring (bicyclic) bond motifs is 1. The van der Waals surface area contributed by atoms with Crippen LogP contribution in [0.15, 0.2) is 18.2 Å². The second-order valence-corrected chi connectivity index (χ2v) is 5.24. The molecule has 1 amide bonds. The SMILES string of the molecule is CC(C)(C)N1C(=O)COc2cc(Cl)ccc21. The van der Waals surface area contributed by atoms with Crippen molar-refractivity contribution in [3.63, 3.8) is 0 Å². The lowest BCUT2D eigenvalue weighted by molar-refractivity contribution is -0.122. The number of ether oxygens (including phenoxy) is 1. The van der Waals surface area contributed by atoms with Crippen molar-refractivity contribution in [3.8, 4) is 5.75 Å². The number of hydrogen-bond acceptors (Lipinski definition) is 2. The largest absolute Gasteiger partial charge is 0.482 e. The van der Waals surface area contributed by atoms with E-state index in [1.165, 1.54) is 0 Å². The minimum atomic E-state index is -0.260. The summed E-state index contributed by atoms with van der Waals surface area (Å²) < 4.78 is 5.37. The normalized spacial score (nSPS) is 15.8. The molecule has 0 bridgehead atoms. The summed E-state index contributed by atoms with van der Waals surface area (Å²) in [6.07, 6.45) is 0. The van der Waals surface area contributed by atoms with Crippen molar-refractivity contribution in [1.82, 2.24) is 0 Å². The third kappa shape index (κ3) is 1.87. The van der Waals surface area contributed by atoms with Gasteiger partial charge >= 0.3 is 0 Å². The highest BCUT2D eigenvalue weighted by molar-refractivity contribution is 6.30. The van der Waals surface area contributed by atoms with Crippen molar-refractivity contribution in [3.05, 3.63) is 23.2 Å². The minimum Gasteiger partial charge on any atom is -0.482 e.